The molecule has 4 heteroatoms. The van der Waals surface area contributed by atoms with Crippen LogP contribution in [-0.2, 0) is 0 Å². The lowest BCUT2D eigenvalue weighted by Crippen LogP contribution is -1.95. The lowest BCUT2D eigenvalue weighted by Gasteiger charge is -2.05. The Bertz CT molecular complexity index is 579. The van der Waals surface area contributed by atoms with Gasteiger partial charge in [0.2, 0.25) is 0 Å². The van der Waals surface area contributed by atoms with E-state index in [9.17, 15) is 14.3 Å². The summed E-state index contributed by atoms with van der Waals surface area (Å²) in [6, 6.07) is 9.71. The fraction of sp³-hybridized carbons (Fsp3) is 0. The fourth-order valence-corrected chi connectivity index (χ4v) is 1.57. The molecule has 0 heterocycles. The van der Waals surface area contributed by atoms with Gasteiger partial charge < -0.3 is 10.2 Å². The SMILES string of the molecule is O=C(O)c1cccc(-c2ccc(F)cc2O)c1. The zero-order valence-electron chi connectivity index (χ0n) is 8.72. The van der Waals surface area contributed by atoms with Gasteiger partial charge in [0.1, 0.15) is 11.6 Å². The lowest BCUT2D eigenvalue weighted by molar-refractivity contribution is 0.0697. The van der Waals surface area contributed by atoms with E-state index in [0.29, 0.717) is 11.1 Å². The molecule has 86 valence electrons. The van der Waals surface area contributed by atoms with Crippen LogP contribution in [0.3, 0.4) is 0 Å². The largest absolute Gasteiger partial charge is 0.507 e. The molecule has 2 aromatic carbocycles. The highest BCUT2D eigenvalue weighted by Gasteiger charge is 2.08. The molecule has 0 aliphatic rings. The summed E-state index contributed by atoms with van der Waals surface area (Å²) in [5.41, 5.74) is 1.04. The highest BCUT2D eigenvalue weighted by Crippen LogP contribution is 2.29. The quantitative estimate of drug-likeness (QED) is 0.836. The van der Waals surface area contributed by atoms with E-state index >= 15 is 0 Å². The van der Waals surface area contributed by atoms with Crippen LogP contribution in [0.2, 0.25) is 0 Å². The van der Waals surface area contributed by atoms with Crippen LogP contribution in [0, 0.1) is 5.82 Å². The van der Waals surface area contributed by atoms with Crippen LogP contribution in [0.25, 0.3) is 11.1 Å². The van der Waals surface area contributed by atoms with Gasteiger partial charge in [0.25, 0.3) is 0 Å². The van der Waals surface area contributed by atoms with Crippen molar-refractivity contribution in [2.75, 3.05) is 0 Å². The van der Waals surface area contributed by atoms with Crippen LogP contribution in [0.4, 0.5) is 4.39 Å². The van der Waals surface area contributed by atoms with Crippen molar-refractivity contribution in [2.24, 2.45) is 0 Å². The van der Waals surface area contributed by atoms with Crippen LogP contribution in [-0.4, -0.2) is 16.2 Å². The highest BCUT2D eigenvalue weighted by atomic mass is 19.1. The van der Waals surface area contributed by atoms with Gasteiger partial charge in [-0.1, -0.05) is 12.1 Å². The number of aromatic hydroxyl groups is 1. The Morgan fingerprint density at radius 3 is 2.53 bits per heavy atom. The van der Waals surface area contributed by atoms with Gasteiger partial charge in [-0.05, 0) is 29.8 Å². The first-order valence-corrected chi connectivity index (χ1v) is 4.90. The van der Waals surface area contributed by atoms with Crippen molar-refractivity contribution in [3.63, 3.8) is 0 Å². The van der Waals surface area contributed by atoms with Gasteiger partial charge in [-0.25, -0.2) is 9.18 Å². The van der Waals surface area contributed by atoms with Crippen LogP contribution in [0.5, 0.6) is 5.75 Å². The van der Waals surface area contributed by atoms with Crippen molar-refractivity contribution in [1.29, 1.82) is 0 Å². The summed E-state index contributed by atoms with van der Waals surface area (Å²) in [5.74, 6) is -1.80. The molecular weight excluding hydrogens is 223 g/mol. The van der Waals surface area contributed by atoms with Gasteiger partial charge in [0.05, 0.1) is 5.56 Å². The van der Waals surface area contributed by atoms with Crippen molar-refractivity contribution >= 4 is 5.97 Å². The predicted octanol–water partition coefficient (Wildman–Crippen LogP) is 2.90. The Balaban J connectivity index is 2.53. The molecule has 17 heavy (non-hydrogen) atoms. The van der Waals surface area contributed by atoms with Crippen molar-refractivity contribution in [2.45, 2.75) is 0 Å². The summed E-state index contributed by atoms with van der Waals surface area (Å²) < 4.78 is 12.8. The van der Waals surface area contributed by atoms with E-state index in [2.05, 4.69) is 0 Å². The number of hydrogen-bond acceptors (Lipinski definition) is 2. The molecule has 2 rings (SSSR count). The van der Waals surface area contributed by atoms with Crippen molar-refractivity contribution in [3.8, 4) is 16.9 Å². The van der Waals surface area contributed by atoms with E-state index in [1.807, 2.05) is 0 Å². The Morgan fingerprint density at radius 1 is 1.12 bits per heavy atom. The van der Waals surface area contributed by atoms with Crippen LogP contribution >= 0.6 is 0 Å². The molecule has 0 radical (unpaired) electrons. The van der Waals surface area contributed by atoms with Crippen LogP contribution in [0.1, 0.15) is 10.4 Å². The molecule has 0 aliphatic carbocycles. The van der Waals surface area contributed by atoms with Gasteiger partial charge in [-0.3, -0.25) is 0 Å². The van der Waals surface area contributed by atoms with Crippen molar-refractivity contribution in [1.82, 2.24) is 0 Å². The Labute approximate surface area is 96.8 Å². The first-order chi connectivity index (χ1) is 8.08. The molecule has 0 unspecified atom stereocenters. The summed E-state index contributed by atoms with van der Waals surface area (Å²) in [5, 5.41) is 18.4. The highest BCUT2D eigenvalue weighted by molar-refractivity contribution is 5.89. The van der Waals surface area contributed by atoms with E-state index in [1.165, 1.54) is 24.3 Å². The summed E-state index contributed by atoms with van der Waals surface area (Å²) in [6.07, 6.45) is 0. The van der Waals surface area contributed by atoms with Gasteiger partial charge in [0, 0.05) is 11.6 Å². The van der Waals surface area contributed by atoms with Crippen molar-refractivity contribution < 1.29 is 19.4 Å². The number of benzene rings is 2. The zero-order valence-corrected chi connectivity index (χ0v) is 8.72. The van der Waals surface area contributed by atoms with E-state index < -0.39 is 11.8 Å². The molecule has 2 N–H and O–H groups in total. The predicted molar refractivity (Wildman–Crippen MR) is 60.5 cm³/mol. The normalized spacial score (nSPS) is 10.2. The third-order valence-corrected chi connectivity index (χ3v) is 2.38. The number of rotatable bonds is 2. The first-order valence-electron chi connectivity index (χ1n) is 4.90. The number of phenolic OH excluding ortho intramolecular Hbond substituents is 1. The summed E-state index contributed by atoms with van der Waals surface area (Å²) in [7, 11) is 0. The number of carbonyl (C=O) groups is 1. The summed E-state index contributed by atoms with van der Waals surface area (Å²) in [6.45, 7) is 0. The zero-order chi connectivity index (χ0) is 12.4. The molecule has 0 amide bonds. The molecule has 0 saturated carbocycles. The van der Waals surface area contributed by atoms with E-state index in [1.54, 1.807) is 12.1 Å². The standard InChI is InChI=1S/C13H9FO3/c14-10-4-5-11(12(15)7-10)8-2-1-3-9(6-8)13(16)17/h1-7,15H,(H,16,17). The Hall–Kier alpha value is -2.36. The van der Waals surface area contributed by atoms with Gasteiger partial charge in [0.15, 0.2) is 0 Å². The smallest absolute Gasteiger partial charge is 0.335 e. The number of aromatic carboxylic acids is 1. The van der Waals surface area contributed by atoms with Crippen LogP contribution < -0.4 is 0 Å². The molecule has 0 aromatic heterocycles. The maximum absolute atomic E-state index is 12.8. The number of hydrogen-bond donors (Lipinski definition) is 2. The summed E-state index contributed by atoms with van der Waals surface area (Å²) in [4.78, 5) is 10.8. The van der Waals surface area contributed by atoms with Gasteiger partial charge >= 0.3 is 5.97 Å². The van der Waals surface area contributed by atoms with E-state index in [4.69, 9.17) is 5.11 Å². The average molecular weight is 232 g/mol. The number of carboxylic acids is 1. The average Bonchev–Trinajstić information content (AvgIpc) is 2.29. The molecule has 0 fully saturated rings. The molecule has 0 spiro atoms. The minimum atomic E-state index is -1.05. The Kier molecular flexibility index (Phi) is 2.78. The fourth-order valence-electron chi connectivity index (χ4n) is 1.57. The minimum Gasteiger partial charge on any atom is -0.507 e. The summed E-state index contributed by atoms with van der Waals surface area (Å²) >= 11 is 0. The maximum atomic E-state index is 12.8. The molecule has 3 nitrogen and oxygen atoms in total. The molecule has 0 atom stereocenters. The first kappa shape index (κ1) is 11.1. The third-order valence-electron chi connectivity index (χ3n) is 2.38. The lowest BCUT2D eigenvalue weighted by atomic mass is 10.0. The second kappa shape index (κ2) is 4.25. The minimum absolute atomic E-state index is 0.117. The molecular formula is C13H9FO3. The van der Waals surface area contributed by atoms with E-state index in [-0.39, 0.29) is 11.3 Å². The molecule has 2 aromatic rings. The van der Waals surface area contributed by atoms with Gasteiger partial charge in [-0.15, -0.1) is 0 Å². The Morgan fingerprint density at radius 2 is 1.88 bits per heavy atom. The van der Waals surface area contributed by atoms with Crippen LogP contribution in [0.15, 0.2) is 42.5 Å². The topological polar surface area (TPSA) is 57.5 Å². The van der Waals surface area contributed by atoms with Crippen molar-refractivity contribution in [3.05, 3.63) is 53.8 Å². The molecule has 0 saturated heterocycles. The number of carboxylic acid groups (broad SMARTS) is 1. The second-order valence-corrected chi connectivity index (χ2v) is 3.55. The maximum Gasteiger partial charge on any atom is 0.335 e. The third kappa shape index (κ3) is 2.25. The molecule has 0 aliphatic heterocycles. The number of halogens is 1. The second-order valence-electron chi connectivity index (χ2n) is 3.55. The molecule has 0 bridgehead atoms. The number of phenols is 1. The monoisotopic (exact) mass is 232 g/mol. The van der Waals surface area contributed by atoms with E-state index in [0.717, 1.165) is 6.07 Å². The van der Waals surface area contributed by atoms with Gasteiger partial charge in [-0.2, -0.15) is 0 Å².